The molecule has 36 heavy (non-hydrogen) atoms. The Labute approximate surface area is 208 Å². The molecule has 2 heterocycles. The Bertz CT molecular complexity index is 1180. The Morgan fingerprint density at radius 1 is 1.11 bits per heavy atom. The molecule has 190 valence electrons. The van der Waals surface area contributed by atoms with E-state index in [4.69, 9.17) is 9.15 Å². The number of nitrogens with zero attached hydrogens (tertiary/aromatic N) is 3. The van der Waals surface area contributed by atoms with Crippen LogP contribution < -0.4 is 0 Å². The van der Waals surface area contributed by atoms with Crippen molar-refractivity contribution >= 4 is 11.9 Å². The molecule has 1 atom stereocenters. The molecule has 0 aliphatic carbocycles. The highest BCUT2D eigenvalue weighted by Crippen LogP contribution is 2.21. The van der Waals surface area contributed by atoms with Gasteiger partial charge in [0.2, 0.25) is 5.89 Å². The van der Waals surface area contributed by atoms with E-state index in [0.717, 1.165) is 5.56 Å². The van der Waals surface area contributed by atoms with Gasteiger partial charge in [-0.25, -0.2) is 13.8 Å². The van der Waals surface area contributed by atoms with Crippen LogP contribution in [0.4, 0.5) is 8.78 Å². The number of esters is 1. The first-order valence-corrected chi connectivity index (χ1v) is 12.0. The molecule has 1 aliphatic heterocycles. The van der Waals surface area contributed by atoms with Gasteiger partial charge < -0.3 is 14.1 Å². The van der Waals surface area contributed by atoms with Gasteiger partial charge in [0.15, 0.2) is 5.69 Å². The molecule has 0 spiro atoms. The first-order chi connectivity index (χ1) is 17.4. The van der Waals surface area contributed by atoms with Crippen LogP contribution in [0.5, 0.6) is 0 Å². The first-order valence-electron chi connectivity index (χ1n) is 12.0. The molecule has 0 saturated carbocycles. The number of carbonyl (C=O) groups is 2. The zero-order valence-electron chi connectivity index (χ0n) is 20.2. The lowest BCUT2D eigenvalue weighted by atomic mass is 9.98. The number of piperidine rings is 1. The van der Waals surface area contributed by atoms with Gasteiger partial charge in [-0.15, -0.1) is 0 Å². The predicted octanol–water partition coefficient (Wildman–Crippen LogP) is 4.57. The molecule has 2 aromatic carbocycles. The Balaban J connectivity index is 1.46. The van der Waals surface area contributed by atoms with Crippen molar-refractivity contribution < 1.29 is 27.5 Å². The molecule has 1 aromatic heterocycles. The molecule has 9 heteroatoms. The van der Waals surface area contributed by atoms with Gasteiger partial charge in [0.05, 0.1) is 19.1 Å². The van der Waals surface area contributed by atoms with Gasteiger partial charge in [0, 0.05) is 31.7 Å². The topological polar surface area (TPSA) is 75.9 Å². The summed E-state index contributed by atoms with van der Waals surface area (Å²) in [6.07, 6.45) is 2.69. The predicted molar refractivity (Wildman–Crippen MR) is 128 cm³/mol. The van der Waals surface area contributed by atoms with Gasteiger partial charge in [-0.3, -0.25) is 14.5 Å². The quantitative estimate of drug-likeness (QED) is 0.403. The summed E-state index contributed by atoms with van der Waals surface area (Å²) in [4.78, 5) is 33.0. The van der Waals surface area contributed by atoms with E-state index in [1.54, 1.807) is 42.2 Å². The van der Waals surface area contributed by atoms with E-state index in [1.165, 1.54) is 24.5 Å². The maximum atomic E-state index is 14.3. The van der Waals surface area contributed by atoms with Crippen LogP contribution in [0.3, 0.4) is 0 Å². The second kappa shape index (κ2) is 11.9. The van der Waals surface area contributed by atoms with Crippen LogP contribution in [-0.2, 0) is 29.2 Å². The molecule has 1 unspecified atom stereocenters. The summed E-state index contributed by atoms with van der Waals surface area (Å²) in [7, 11) is 0. The van der Waals surface area contributed by atoms with Crippen LogP contribution in [0.2, 0.25) is 0 Å². The summed E-state index contributed by atoms with van der Waals surface area (Å²) in [5.41, 5.74) is 1.50. The lowest BCUT2D eigenvalue weighted by Crippen LogP contribution is -2.43. The van der Waals surface area contributed by atoms with Gasteiger partial charge in [0.25, 0.3) is 5.91 Å². The molecular weight excluding hydrogens is 468 g/mol. The third kappa shape index (κ3) is 6.54. The first kappa shape index (κ1) is 25.5. The molecule has 7 nitrogen and oxygen atoms in total. The van der Waals surface area contributed by atoms with Gasteiger partial charge in [0.1, 0.15) is 17.9 Å². The fourth-order valence-electron chi connectivity index (χ4n) is 4.33. The van der Waals surface area contributed by atoms with E-state index in [0.29, 0.717) is 44.0 Å². The van der Waals surface area contributed by atoms with E-state index < -0.39 is 0 Å². The number of hydrogen-bond donors (Lipinski definition) is 0. The fraction of sp³-hybridized carbons (Fsp3) is 0.370. The highest BCUT2D eigenvalue weighted by Gasteiger charge is 2.31. The summed E-state index contributed by atoms with van der Waals surface area (Å²) in [6, 6.07) is 12.6. The number of likely N-dealkylation sites (tertiary alicyclic amines) is 1. The molecule has 1 aliphatic rings. The van der Waals surface area contributed by atoms with Crippen LogP contribution in [0.15, 0.2) is 59.2 Å². The van der Waals surface area contributed by atoms with Crippen LogP contribution in [0.25, 0.3) is 0 Å². The Morgan fingerprint density at radius 3 is 2.64 bits per heavy atom. The monoisotopic (exact) mass is 497 g/mol. The molecule has 3 aromatic rings. The fourth-order valence-corrected chi connectivity index (χ4v) is 4.33. The average Bonchev–Trinajstić information content (AvgIpc) is 3.35. The van der Waals surface area contributed by atoms with Crippen LogP contribution in [0, 0.1) is 17.6 Å². The second-order valence-electron chi connectivity index (χ2n) is 8.83. The number of carbonyl (C=O) groups excluding carboxylic acids is 2. The lowest BCUT2D eigenvalue weighted by molar-refractivity contribution is -0.149. The molecular formula is C27H29F2N3O4. The van der Waals surface area contributed by atoms with Gasteiger partial charge in [-0.1, -0.05) is 30.3 Å². The Morgan fingerprint density at radius 2 is 1.89 bits per heavy atom. The maximum absolute atomic E-state index is 14.3. The van der Waals surface area contributed by atoms with Crippen molar-refractivity contribution in [2.45, 2.75) is 39.4 Å². The number of rotatable bonds is 9. The summed E-state index contributed by atoms with van der Waals surface area (Å²) in [5.74, 6) is -1.31. The van der Waals surface area contributed by atoms with E-state index in [2.05, 4.69) is 4.98 Å². The van der Waals surface area contributed by atoms with Crippen molar-refractivity contribution in [3.8, 4) is 0 Å². The number of aromatic nitrogens is 1. The number of halogens is 2. The molecule has 1 amide bonds. The van der Waals surface area contributed by atoms with E-state index in [1.807, 2.05) is 4.90 Å². The van der Waals surface area contributed by atoms with Crippen molar-refractivity contribution in [2.75, 3.05) is 19.7 Å². The van der Waals surface area contributed by atoms with Crippen molar-refractivity contribution in [1.29, 1.82) is 0 Å². The van der Waals surface area contributed by atoms with E-state index >= 15 is 0 Å². The largest absolute Gasteiger partial charge is 0.466 e. The number of ether oxygens (including phenoxy) is 1. The normalized spacial score (nSPS) is 15.8. The molecule has 0 N–H and O–H groups in total. The lowest BCUT2D eigenvalue weighted by Gasteiger charge is -2.30. The summed E-state index contributed by atoms with van der Waals surface area (Å²) >= 11 is 0. The van der Waals surface area contributed by atoms with Gasteiger partial charge in [-0.05, 0) is 43.5 Å². The van der Waals surface area contributed by atoms with E-state index in [9.17, 15) is 18.4 Å². The van der Waals surface area contributed by atoms with Gasteiger partial charge >= 0.3 is 5.97 Å². The summed E-state index contributed by atoms with van der Waals surface area (Å²) in [5, 5.41) is 0. The molecule has 4 rings (SSSR count). The molecule has 1 fully saturated rings. The molecule has 0 radical (unpaired) electrons. The highest BCUT2D eigenvalue weighted by atomic mass is 19.1. The second-order valence-corrected chi connectivity index (χ2v) is 8.83. The van der Waals surface area contributed by atoms with Crippen molar-refractivity contribution in [1.82, 2.24) is 14.8 Å². The number of benzene rings is 2. The zero-order chi connectivity index (χ0) is 25.5. The third-order valence-corrected chi connectivity index (χ3v) is 6.13. The minimum absolute atomic E-state index is 0.155. The van der Waals surface area contributed by atoms with Gasteiger partial charge in [-0.2, -0.15) is 0 Å². The smallest absolute Gasteiger partial charge is 0.310 e. The minimum atomic E-state index is -0.346. The standard InChI is InChI=1S/C27H29F2N3O4/c1-2-35-27(34)21-7-5-13-32(16-21)26(33)24-18-36-25(30-24)17-31(14-19-9-11-22(28)12-10-19)15-20-6-3-4-8-23(20)29/h3-4,6,8-12,18,21H,2,5,7,13-17H2,1H3. The van der Waals surface area contributed by atoms with Crippen LogP contribution in [0.1, 0.15) is 47.3 Å². The summed E-state index contributed by atoms with van der Waals surface area (Å²) < 4.78 is 38.4. The van der Waals surface area contributed by atoms with Crippen molar-refractivity contribution in [3.63, 3.8) is 0 Å². The Kier molecular flexibility index (Phi) is 8.43. The maximum Gasteiger partial charge on any atom is 0.310 e. The number of hydrogen-bond acceptors (Lipinski definition) is 6. The van der Waals surface area contributed by atoms with Crippen molar-refractivity contribution in [2.24, 2.45) is 5.92 Å². The molecule has 1 saturated heterocycles. The van der Waals surface area contributed by atoms with E-state index in [-0.39, 0.29) is 54.8 Å². The third-order valence-electron chi connectivity index (χ3n) is 6.13. The van der Waals surface area contributed by atoms with Crippen molar-refractivity contribution in [3.05, 3.63) is 89.1 Å². The minimum Gasteiger partial charge on any atom is -0.466 e. The average molecular weight is 498 g/mol. The SMILES string of the molecule is CCOC(=O)C1CCCN(C(=O)c2coc(CN(Cc3ccc(F)cc3)Cc3ccccc3F)n2)C1. The van der Waals surface area contributed by atoms with Crippen LogP contribution in [-0.4, -0.2) is 46.4 Å². The zero-order valence-corrected chi connectivity index (χ0v) is 20.2. The molecule has 0 bridgehead atoms. The van der Waals surface area contributed by atoms with Crippen LogP contribution >= 0.6 is 0 Å². The number of amides is 1. The highest BCUT2D eigenvalue weighted by molar-refractivity contribution is 5.92. The Hall–Kier alpha value is -3.59. The summed E-state index contributed by atoms with van der Waals surface area (Å²) in [6.45, 7) is 3.75. The number of oxazole rings is 1.